The van der Waals surface area contributed by atoms with Crippen LogP contribution in [0.15, 0.2) is 28.7 Å². The molecule has 0 aliphatic rings. The van der Waals surface area contributed by atoms with E-state index in [4.69, 9.17) is 5.11 Å². The zero-order valence-corrected chi connectivity index (χ0v) is 12.2. The highest BCUT2D eigenvalue weighted by Gasteiger charge is 2.16. The van der Waals surface area contributed by atoms with Gasteiger partial charge in [0.1, 0.15) is 4.88 Å². The average Bonchev–Trinajstić information content (AvgIpc) is 2.71. The molecule has 4 nitrogen and oxygen atoms in total. The summed E-state index contributed by atoms with van der Waals surface area (Å²) in [6, 6.07) is 7.76. The highest BCUT2D eigenvalue weighted by atomic mass is 79.9. The van der Waals surface area contributed by atoms with Crippen molar-refractivity contribution in [2.45, 2.75) is 6.92 Å². The molecular weight excluding hydrogens is 316 g/mol. The smallest absolute Gasteiger partial charge is 0.347 e. The normalized spacial score (nSPS) is 10.4. The second-order valence-corrected chi connectivity index (χ2v) is 5.64. The molecule has 1 heterocycles. The van der Waals surface area contributed by atoms with E-state index in [1.165, 1.54) is 11.3 Å². The van der Waals surface area contributed by atoms with Gasteiger partial charge in [-0.1, -0.05) is 27.3 Å². The molecule has 1 N–H and O–H groups in total. The monoisotopic (exact) mass is 326 g/mol. The number of carboxylic acids is 1. The third-order valence-corrected chi connectivity index (χ3v) is 4.23. The van der Waals surface area contributed by atoms with Gasteiger partial charge in [0.05, 0.1) is 5.69 Å². The standard InChI is InChI=1S/C12H11BrN2O2S/c1-7-10(11(16)17)18-12(14-7)15(2)9-5-3-8(13)4-6-9/h3-6H,1-2H3,(H,16,17). The van der Waals surface area contributed by atoms with Gasteiger partial charge in [-0.05, 0) is 31.2 Å². The summed E-state index contributed by atoms with van der Waals surface area (Å²) in [4.78, 5) is 17.4. The van der Waals surface area contributed by atoms with Crippen molar-refractivity contribution in [2.24, 2.45) is 0 Å². The fourth-order valence-corrected chi connectivity index (χ4v) is 2.65. The van der Waals surface area contributed by atoms with Gasteiger partial charge in [0.15, 0.2) is 5.13 Å². The van der Waals surface area contributed by atoms with Crippen molar-refractivity contribution in [1.82, 2.24) is 4.98 Å². The number of nitrogens with zero attached hydrogens (tertiary/aromatic N) is 2. The molecule has 1 aromatic heterocycles. The van der Waals surface area contributed by atoms with Crippen molar-refractivity contribution in [1.29, 1.82) is 0 Å². The van der Waals surface area contributed by atoms with E-state index < -0.39 is 5.97 Å². The van der Waals surface area contributed by atoms with E-state index in [-0.39, 0.29) is 4.88 Å². The molecule has 18 heavy (non-hydrogen) atoms. The van der Waals surface area contributed by atoms with Crippen molar-refractivity contribution in [3.63, 3.8) is 0 Å². The zero-order chi connectivity index (χ0) is 13.3. The van der Waals surface area contributed by atoms with Crippen LogP contribution in [-0.2, 0) is 0 Å². The van der Waals surface area contributed by atoms with Gasteiger partial charge in [-0.2, -0.15) is 0 Å². The highest BCUT2D eigenvalue weighted by Crippen LogP contribution is 2.30. The van der Waals surface area contributed by atoms with Gasteiger partial charge < -0.3 is 10.0 Å². The largest absolute Gasteiger partial charge is 0.477 e. The summed E-state index contributed by atoms with van der Waals surface area (Å²) in [6.07, 6.45) is 0. The number of hydrogen-bond acceptors (Lipinski definition) is 4. The van der Waals surface area contributed by atoms with Crippen LogP contribution in [0.1, 0.15) is 15.4 Å². The molecule has 0 saturated carbocycles. The van der Waals surface area contributed by atoms with Crippen LogP contribution in [0, 0.1) is 6.92 Å². The summed E-state index contributed by atoms with van der Waals surface area (Å²) in [5.41, 5.74) is 1.51. The molecule has 2 aromatic rings. The molecule has 1 aromatic carbocycles. The first-order valence-corrected chi connectivity index (χ1v) is 6.80. The number of anilines is 2. The molecule has 0 aliphatic heterocycles. The van der Waals surface area contributed by atoms with Crippen LogP contribution in [0.25, 0.3) is 0 Å². The molecule has 0 saturated heterocycles. The Hall–Kier alpha value is -1.40. The summed E-state index contributed by atoms with van der Waals surface area (Å²) in [5.74, 6) is -0.930. The summed E-state index contributed by atoms with van der Waals surface area (Å²) in [5, 5.41) is 9.69. The minimum Gasteiger partial charge on any atom is -0.477 e. The Bertz CT molecular complexity index is 580. The van der Waals surface area contributed by atoms with E-state index in [2.05, 4.69) is 20.9 Å². The second kappa shape index (κ2) is 5.07. The number of aromatic carboxylic acids is 1. The summed E-state index contributed by atoms with van der Waals surface area (Å²) < 4.78 is 1.00. The Labute approximate surface area is 117 Å². The van der Waals surface area contributed by atoms with Crippen LogP contribution in [0.4, 0.5) is 10.8 Å². The molecular formula is C12H11BrN2O2S. The molecule has 94 valence electrons. The van der Waals surface area contributed by atoms with Crippen molar-refractivity contribution < 1.29 is 9.90 Å². The van der Waals surface area contributed by atoms with E-state index in [0.29, 0.717) is 10.8 Å². The number of halogens is 1. The Morgan fingerprint density at radius 3 is 2.50 bits per heavy atom. The molecule has 6 heteroatoms. The second-order valence-electron chi connectivity index (χ2n) is 3.75. The van der Waals surface area contributed by atoms with E-state index in [1.807, 2.05) is 36.2 Å². The van der Waals surface area contributed by atoms with E-state index in [9.17, 15) is 4.79 Å². The van der Waals surface area contributed by atoms with Gasteiger partial charge in [-0.3, -0.25) is 0 Å². The molecule has 0 aliphatic carbocycles. The van der Waals surface area contributed by atoms with Crippen LogP contribution in [0.2, 0.25) is 0 Å². The number of rotatable bonds is 3. The first kappa shape index (κ1) is 13.0. The van der Waals surface area contributed by atoms with Gasteiger partial charge in [0, 0.05) is 17.2 Å². The number of aryl methyl sites for hydroxylation is 1. The van der Waals surface area contributed by atoms with Crippen molar-refractivity contribution >= 4 is 44.1 Å². The molecule has 0 bridgehead atoms. The lowest BCUT2D eigenvalue weighted by atomic mass is 10.3. The van der Waals surface area contributed by atoms with Crippen LogP contribution >= 0.6 is 27.3 Å². The highest BCUT2D eigenvalue weighted by molar-refractivity contribution is 9.10. The van der Waals surface area contributed by atoms with Crippen LogP contribution in [0.3, 0.4) is 0 Å². The van der Waals surface area contributed by atoms with Crippen LogP contribution in [-0.4, -0.2) is 23.1 Å². The maximum absolute atomic E-state index is 11.0. The van der Waals surface area contributed by atoms with Crippen molar-refractivity contribution in [2.75, 3.05) is 11.9 Å². The fourth-order valence-electron chi connectivity index (χ4n) is 1.50. The van der Waals surface area contributed by atoms with Crippen LogP contribution in [0.5, 0.6) is 0 Å². The maximum Gasteiger partial charge on any atom is 0.347 e. The fraction of sp³-hybridized carbons (Fsp3) is 0.167. The lowest BCUT2D eigenvalue weighted by Crippen LogP contribution is -2.08. The Balaban J connectivity index is 2.34. The van der Waals surface area contributed by atoms with E-state index in [1.54, 1.807) is 6.92 Å². The Kier molecular flexibility index (Phi) is 3.68. The molecule has 0 unspecified atom stereocenters. The molecule has 0 radical (unpaired) electrons. The minimum atomic E-state index is -0.930. The molecule has 0 spiro atoms. The number of carbonyl (C=O) groups is 1. The predicted octanol–water partition coefficient (Wildman–Crippen LogP) is 3.68. The van der Waals surface area contributed by atoms with Gasteiger partial charge in [-0.15, -0.1) is 0 Å². The number of carboxylic acid groups (broad SMARTS) is 1. The minimum absolute atomic E-state index is 0.286. The lowest BCUT2D eigenvalue weighted by molar-refractivity contribution is 0.0701. The third-order valence-electron chi connectivity index (χ3n) is 2.48. The summed E-state index contributed by atoms with van der Waals surface area (Å²) >= 11 is 4.55. The third kappa shape index (κ3) is 2.54. The number of aromatic nitrogens is 1. The Morgan fingerprint density at radius 2 is 2.00 bits per heavy atom. The quantitative estimate of drug-likeness (QED) is 0.934. The predicted molar refractivity (Wildman–Crippen MR) is 76.0 cm³/mol. The first-order chi connectivity index (χ1) is 8.49. The first-order valence-electron chi connectivity index (χ1n) is 5.19. The van der Waals surface area contributed by atoms with E-state index >= 15 is 0 Å². The molecule has 2 rings (SSSR count). The number of benzene rings is 1. The topological polar surface area (TPSA) is 53.4 Å². The van der Waals surface area contributed by atoms with Crippen molar-refractivity contribution in [3.8, 4) is 0 Å². The van der Waals surface area contributed by atoms with Crippen LogP contribution < -0.4 is 4.90 Å². The van der Waals surface area contributed by atoms with Gasteiger partial charge >= 0.3 is 5.97 Å². The summed E-state index contributed by atoms with van der Waals surface area (Å²) in [6.45, 7) is 1.71. The SMILES string of the molecule is Cc1nc(N(C)c2ccc(Br)cc2)sc1C(=O)O. The average molecular weight is 327 g/mol. The molecule has 0 fully saturated rings. The molecule has 0 atom stereocenters. The Morgan fingerprint density at radius 1 is 1.39 bits per heavy atom. The number of thiazole rings is 1. The maximum atomic E-state index is 11.0. The molecule has 0 amide bonds. The lowest BCUT2D eigenvalue weighted by Gasteiger charge is -2.15. The van der Waals surface area contributed by atoms with Gasteiger partial charge in [-0.25, -0.2) is 9.78 Å². The van der Waals surface area contributed by atoms with Gasteiger partial charge in [0.25, 0.3) is 0 Å². The number of hydrogen-bond donors (Lipinski definition) is 1. The van der Waals surface area contributed by atoms with E-state index in [0.717, 1.165) is 10.2 Å². The van der Waals surface area contributed by atoms with Crippen molar-refractivity contribution in [3.05, 3.63) is 39.3 Å². The zero-order valence-electron chi connectivity index (χ0n) is 9.85. The van der Waals surface area contributed by atoms with Gasteiger partial charge in [0.2, 0.25) is 0 Å². The summed E-state index contributed by atoms with van der Waals surface area (Å²) in [7, 11) is 1.87.